The van der Waals surface area contributed by atoms with E-state index in [1.165, 1.54) is 25.7 Å². The lowest BCUT2D eigenvalue weighted by molar-refractivity contribution is 0.0788. The van der Waals surface area contributed by atoms with Crippen molar-refractivity contribution in [3.8, 4) is 0 Å². The van der Waals surface area contributed by atoms with E-state index in [4.69, 9.17) is 4.52 Å². The van der Waals surface area contributed by atoms with Crippen LogP contribution in [-0.4, -0.2) is 43.8 Å². The maximum absolute atomic E-state index is 12.9. The van der Waals surface area contributed by atoms with Crippen LogP contribution in [-0.2, 0) is 0 Å². The second-order valence-corrected chi connectivity index (χ2v) is 6.94. The number of nitrogens with zero attached hydrogens (tertiary/aromatic N) is 5. The zero-order valence-electron chi connectivity index (χ0n) is 14.2. The van der Waals surface area contributed by atoms with Gasteiger partial charge >= 0.3 is 0 Å². The molecule has 2 aromatic heterocycles. The van der Waals surface area contributed by atoms with E-state index >= 15 is 0 Å². The van der Waals surface area contributed by atoms with Gasteiger partial charge in [0.1, 0.15) is 0 Å². The van der Waals surface area contributed by atoms with E-state index in [1.807, 2.05) is 18.7 Å². The molecule has 1 saturated heterocycles. The Labute approximate surface area is 141 Å². The minimum atomic E-state index is 0.0653. The fourth-order valence-electron chi connectivity index (χ4n) is 3.95. The van der Waals surface area contributed by atoms with E-state index in [0.717, 1.165) is 24.2 Å². The van der Waals surface area contributed by atoms with Crippen LogP contribution >= 0.6 is 0 Å². The molecular formula is C17H23N5O2. The summed E-state index contributed by atoms with van der Waals surface area (Å²) in [5, 5.41) is 8.35. The average molecular weight is 329 g/mol. The SMILES string of the molecule is Cc1noc(C2CCN(C(=O)c3cnn(C4CCCC4)c3C)C2)n1. The molecule has 0 spiro atoms. The maximum Gasteiger partial charge on any atom is 0.257 e. The number of amides is 1. The minimum Gasteiger partial charge on any atom is -0.339 e. The smallest absolute Gasteiger partial charge is 0.257 e. The second-order valence-electron chi connectivity index (χ2n) is 6.94. The number of rotatable bonds is 3. The van der Waals surface area contributed by atoms with E-state index in [1.54, 1.807) is 6.20 Å². The van der Waals surface area contributed by atoms with Crippen LogP contribution in [0.5, 0.6) is 0 Å². The molecule has 1 aliphatic heterocycles. The molecule has 0 N–H and O–H groups in total. The molecule has 24 heavy (non-hydrogen) atoms. The highest BCUT2D eigenvalue weighted by Crippen LogP contribution is 2.32. The number of aryl methyl sites for hydroxylation is 1. The van der Waals surface area contributed by atoms with Crippen LogP contribution in [0, 0.1) is 13.8 Å². The van der Waals surface area contributed by atoms with E-state index in [9.17, 15) is 4.79 Å². The zero-order valence-corrected chi connectivity index (χ0v) is 14.2. The Morgan fingerprint density at radius 2 is 2.04 bits per heavy atom. The minimum absolute atomic E-state index is 0.0653. The lowest BCUT2D eigenvalue weighted by Gasteiger charge is -2.16. The molecule has 7 heteroatoms. The van der Waals surface area contributed by atoms with E-state index < -0.39 is 0 Å². The number of hydrogen-bond donors (Lipinski definition) is 0. The molecule has 7 nitrogen and oxygen atoms in total. The first-order valence-corrected chi connectivity index (χ1v) is 8.77. The molecule has 128 valence electrons. The highest BCUT2D eigenvalue weighted by atomic mass is 16.5. The largest absolute Gasteiger partial charge is 0.339 e. The Hall–Kier alpha value is -2.18. The van der Waals surface area contributed by atoms with Crippen molar-refractivity contribution < 1.29 is 9.32 Å². The van der Waals surface area contributed by atoms with Crippen LogP contribution in [0.4, 0.5) is 0 Å². The monoisotopic (exact) mass is 329 g/mol. The van der Waals surface area contributed by atoms with Crippen molar-refractivity contribution in [3.63, 3.8) is 0 Å². The van der Waals surface area contributed by atoms with Crippen molar-refractivity contribution in [1.82, 2.24) is 24.8 Å². The first kappa shape index (κ1) is 15.4. The molecule has 1 saturated carbocycles. The Kier molecular flexibility index (Phi) is 3.86. The number of carbonyl (C=O) groups is 1. The molecule has 3 heterocycles. The highest BCUT2D eigenvalue weighted by Gasteiger charge is 2.33. The topological polar surface area (TPSA) is 77.0 Å². The summed E-state index contributed by atoms with van der Waals surface area (Å²) >= 11 is 0. The fourth-order valence-corrected chi connectivity index (χ4v) is 3.95. The molecule has 2 fully saturated rings. The van der Waals surface area contributed by atoms with Gasteiger partial charge < -0.3 is 9.42 Å². The van der Waals surface area contributed by atoms with Gasteiger partial charge in [0.2, 0.25) is 5.89 Å². The van der Waals surface area contributed by atoms with Crippen LogP contribution < -0.4 is 0 Å². The Bertz CT molecular complexity index is 744. The molecule has 0 aromatic carbocycles. The third kappa shape index (κ3) is 2.61. The third-order valence-corrected chi connectivity index (χ3v) is 5.31. The van der Waals surface area contributed by atoms with E-state index in [2.05, 4.69) is 19.9 Å². The van der Waals surface area contributed by atoms with Gasteiger partial charge in [-0.3, -0.25) is 9.48 Å². The normalized spacial score (nSPS) is 21.8. The van der Waals surface area contributed by atoms with E-state index in [-0.39, 0.29) is 11.8 Å². The van der Waals surface area contributed by atoms with Crippen LogP contribution in [0.15, 0.2) is 10.7 Å². The van der Waals surface area contributed by atoms with Crippen molar-refractivity contribution in [2.75, 3.05) is 13.1 Å². The average Bonchev–Trinajstić information content (AvgIpc) is 3.33. The molecule has 1 unspecified atom stereocenters. The van der Waals surface area contributed by atoms with Gasteiger partial charge in [0.15, 0.2) is 5.82 Å². The molecule has 0 bridgehead atoms. The lowest BCUT2D eigenvalue weighted by atomic mass is 10.1. The van der Waals surface area contributed by atoms with Crippen molar-refractivity contribution >= 4 is 5.91 Å². The molecular weight excluding hydrogens is 306 g/mol. The summed E-state index contributed by atoms with van der Waals surface area (Å²) in [6.45, 7) is 5.17. The second kappa shape index (κ2) is 6.03. The summed E-state index contributed by atoms with van der Waals surface area (Å²) < 4.78 is 7.31. The Balaban J connectivity index is 1.48. The van der Waals surface area contributed by atoms with Gasteiger partial charge in [-0.2, -0.15) is 10.1 Å². The van der Waals surface area contributed by atoms with Crippen LogP contribution in [0.25, 0.3) is 0 Å². The lowest BCUT2D eigenvalue weighted by Crippen LogP contribution is -2.29. The van der Waals surface area contributed by atoms with Crippen LogP contribution in [0.3, 0.4) is 0 Å². The van der Waals surface area contributed by atoms with Gasteiger partial charge in [-0.15, -0.1) is 0 Å². The third-order valence-electron chi connectivity index (χ3n) is 5.31. The van der Waals surface area contributed by atoms with Crippen LogP contribution in [0.2, 0.25) is 0 Å². The fraction of sp³-hybridized carbons (Fsp3) is 0.647. The summed E-state index contributed by atoms with van der Waals surface area (Å²) in [5.41, 5.74) is 1.72. The molecule has 1 aliphatic carbocycles. The molecule has 4 rings (SSSR count). The Morgan fingerprint density at radius 1 is 1.25 bits per heavy atom. The predicted octanol–water partition coefficient (Wildman–Crippen LogP) is 2.63. The van der Waals surface area contributed by atoms with Gasteiger partial charge in [0.05, 0.1) is 23.7 Å². The van der Waals surface area contributed by atoms with Gasteiger partial charge in [-0.1, -0.05) is 18.0 Å². The number of carbonyl (C=O) groups excluding carboxylic acids is 1. The summed E-state index contributed by atoms with van der Waals surface area (Å²) in [7, 11) is 0. The van der Waals surface area contributed by atoms with Crippen molar-refractivity contribution in [1.29, 1.82) is 0 Å². The highest BCUT2D eigenvalue weighted by molar-refractivity contribution is 5.95. The molecule has 2 aliphatic rings. The number of likely N-dealkylation sites (tertiary alicyclic amines) is 1. The van der Waals surface area contributed by atoms with Gasteiger partial charge in [0.25, 0.3) is 5.91 Å². The summed E-state index contributed by atoms with van der Waals surface area (Å²) in [6.07, 6.45) is 7.44. The predicted molar refractivity (Wildman–Crippen MR) is 86.8 cm³/mol. The van der Waals surface area contributed by atoms with Crippen LogP contribution in [0.1, 0.15) is 71.8 Å². The Morgan fingerprint density at radius 3 is 2.75 bits per heavy atom. The van der Waals surface area contributed by atoms with E-state index in [0.29, 0.717) is 24.3 Å². The first-order valence-electron chi connectivity index (χ1n) is 8.77. The standard InChI is InChI=1S/C17H23N5O2/c1-11-15(9-18-22(11)14-5-3-4-6-14)17(23)21-8-7-13(10-21)16-19-12(2)20-24-16/h9,13-14H,3-8,10H2,1-2H3. The van der Waals surface area contributed by atoms with Crippen molar-refractivity contribution in [2.24, 2.45) is 0 Å². The molecule has 1 atom stereocenters. The quantitative estimate of drug-likeness (QED) is 0.865. The van der Waals surface area contributed by atoms with Gasteiger partial charge in [0, 0.05) is 18.8 Å². The maximum atomic E-state index is 12.9. The molecule has 2 aromatic rings. The number of hydrogen-bond acceptors (Lipinski definition) is 5. The summed E-state index contributed by atoms with van der Waals surface area (Å²) in [4.78, 5) is 19.1. The zero-order chi connectivity index (χ0) is 16.7. The van der Waals surface area contributed by atoms with Crippen molar-refractivity contribution in [3.05, 3.63) is 29.2 Å². The molecule has 0 radical (unpaired) electrons. The summed E-state index contributed by atoms with van der Waals surface area (Å²) in [6, 6.07) is 0.458. The molecule has 1 amide bonds. The summed E-state index contributed by atoms with van der Waals surface area (Å²) in [5.74, 6) is 1.49. The van der Waals surface area contributed by atoms with Gasteiger partial charge in [-0.25, -0.2) is 0 Å². The van der Waals surface area contributed by atoms with Gasteiger partial charge in [-0.05, 0) is 33.1 Å². The first-order chi connectivity index (χ1) is 11.6. The number of aromatic nitrogens is 4. The van der Waals surface area contributed by atoms with Crippen molar-refractivity contribution in [2.45, 2.75) is 57.9 Å².